The molecule has 0 aliphatic heterocycles. The number of hydrogen-bond donors (Lipinski definition) is 0. The van der Waals surface area contributed by atoms with E-state index in [0.29, 0.717) is 17.8 Å². The van der Waals surface area contributed by atoms with Gasteiger partial charge in [0.05, 0.1) is 0 Å². The molecular formula is C14H20O2. The summed E-state index contributed by atoms with van der Waals surface area (Å²) in [4.78, 5) is 0. The summed E-state index contributed by atoms with van der Waals surface area (Å²) in [5.74, 6) is 1.57. The average Bonchev–Trinajstić information content (AvgIpc) is 3.03. The van der Waals surface area contributed by atoms with Gasteiger partial charge < -0.3 is 9.47 Å². The van der Waals surface area contributed by atoms with E-state index >= 15 is 0 Å². The summed E-state index contributed by atoms with van der Waals surface area (Å²) in [7, 11) is 3.61. The Morgan fingerprint density at radius 1 is 1.25 bits per heavy atom. The molecule has 2 heteroatoms. The highest BCUT2D eigenvalue weighted by molar-refractivity contribution is 5.28. The summed E-state index contributed by atoms with van der Waals surface area (Å²) < 4.78 is 11.5. The van der Waals surface area contributed by atoms with Gasteiger partial charge in [-0.2, -0.15) is 0 Å². The van der Waals surface area contributed by atoms with Crippen LogP contribution in [0.5, 0.6) is 0 Å². The fourth-order valence-electron chi connectivity index (χ4n) is 4.19. The van der Waals surface area contributed by atoms with E-state index in [4.69, 9.17) is 9.47 Å². The van der Waals surface area contributed by atoms with Crippen LogP contribution in [0.3, 0.4) is 0 Å². The third-order valence-electron chi connectivity index (χ3n) is 4.85. The lowest BCUT2D eigenvalue weighted by Gasteiger charge is -2.32. The first-order valence-electron chi connectivity index (χ1n) is 6.27. The van der Waals surface area contributed by atoms with E-state index in [2.05, 4.69) is 18.2 Å². The minimum Gasteiger partial charge on any atom is -0.353 e. The van der Waals surface area contributed by atoms with Crippen molar-refractivity contribution in [2.24, 2.45) is 17.8 Å². The van der Waals surface area contributed by atoms with E-state index in [-0.39, 0.29) is 5.79 Å². The normalized spacial score (nSPS) is 39.4. The molecule has 88 valence electrons. The Bertz CT molecular complexity index is 339. The molecule has 16 heavy (non-hydrogen) atoms. The lowest BCUT2D eigenvalue weighted by atomic mass is 9.82. The first kappa shape index (κ1) is 10.5. The van der Waals surface area contributed by atoms with Crippen molar-refractivity contribution in [2.45, 2.75) is 31.5 Å². The second-order valence-corrected chi connectivity index (χ2v) is 5.23. The van der Waals surface area contributed by atoms with Crippen LogP contribution < -0.4 is 0 Å². The molecule has 0 radical (unpaired) electrons. The Morgan fingerprint density at radius 3 is 2.62 bits per heavy atom. The van der Waals surface area contributed by atoms with Gasteiger partial charge >= 0.3 is 0 Å². The Kier molecular flexibility index (Phi) is 2.45. The average molecular weight is 220 g/mol. The van der Waals surface area contributed by atoms with E-state index in [1.165, 1.54) is 19.3 Å². The lowest BCUT2D eigenvalue weighted by molar-refractivity contribution is -0.236. The topological polar surface area (TPSA) is 18.5 Å². The van der Waals surface area contributed by atoms with Crippen LogP contribution >= 0.6 is 0 Å². The molecule has 2 nitrogen and oxygen atoms in total. The van der Waals surface area contributed by atoms with Gasteiger partial charge in [0, 0.05) is 26.1 Å². The second kappa shape index (κ2) is 3.71. The van der Waals surface area contributed by atoms with Crippen LogP contribution in [0.1, 0.15) is 25.7 Å². The molecule has 0 heterocycles. The number of ether oxygens (including phenoxy) is 2. The van der Waals surface area contributed by atoms with Gasteiger partial charge in [-0.05, 0) is 31.6 Å². The van der Waals surface area contributed by atoms with Gasteiger partial charge in [-0.3, -0.25) is 0 Å². The predicted molar refractivity (Wildman–Crippen MR) is 62.9 cm³/mol. The number of allylic oxidation sites excluding steroid dienone is 4. The molecule has 2 saturated carbocycles. The van der Waals surface area contributed by atoms with E-state index in [9.17, 15) is 0 Å². The van der Waals surface area contributed by atoms with Crippen LogP contribution in [-0.2, 0) is 9.47 Å². The Hall–Kier alpha value is -0.600. The maximum atomic E-state index is 5.75. The smallest absolute Gasteiger partial charge is 0.173 e. The fourth-order valence-corrected chi connectivity index (χ4v) is 4.19. The molecule has 0 aromatic heterocycles. The summed E-state index contributed by atoms with van der Waals surface area (Å²) in [5, 5.41) is 0. The maximum absolute atomic E-state index is 5.75. The SMILES string of the molecule is COC1(OC)C2CCC1C(C1=CC=CC1)C2. The molecule has 2 fully saturated rings. The van der Waals surface area contributed by atoms with Crippen molar-refractivity contribution < 1.29 is 9.47 Å². The van der Waals surface area contributed by atoms with Crippen LogP contribution in [0.4, 0.5) is 0 Å². The predicted octanol–water partition coefficient (Wildman–Crippen LogP) is 2.91. The van der Waals surface area contributed by atoms with Crippen LogP contribution in [0, 0.1) is 17.8 Å². The van der Waals surface area contributed by atoms with Crippen LogP contribution in [0.25, 0.3) is 0 Å². The van der Waals surface area contributed by atoms with Crippen LogP contribution in [0.2, 0.25) is 0 Å². The standard InChI is InChI=1S/C14H20O2/c1-15-14(16-2)11-7-8-13(14)12(9-11)10-5-3-4-6-10/h3-5,11-13H,6-9H2,1-2H3. The summed E-state index contributed by atoms with van der Waals surface area (Å²) in [6.45, 7) is 0. The summed E-state index contributed by atoms with van der Waals surface area (Å²) >= 11 is 0. The Balaban J connectivity index is 1.87. The van der Waals surface area contributed by atoms with Gasteiger partial charge in [0.2, 0.25) is 0 Å². The first-order valence-corrected chi connectivity index (χ1v) is 6.27. The fraction of sp³-hybridized carbons (Fsp3) is 0.714. The van der Waals surface area contributed by atoms with E-state index in [1.54, 1.807) is 19.8 Å². The molecule has 3 aliphatic rings. The van der Waals surface area contributed by atoms with Gasteiger partial charge in [0.15, 0.2) is 5.79 Å². The molecular weight excluding hydrogens is 200 g/mol. The van der Waals surface area contributed by atoms with E-state index < -0.39 is 0 Å². The molecule has 0 aromatic rings. The largest absolute Gasteiger partial charge is 0.353 e. The number of methoxy groups -OCH3 is 2. The monoisotopic (exact) mass is 220 g/mol. The van der Waals surface area contributed by atoms with Crippen molar-refractivity contribution in [2.75, 3.05) is 14.2 Å². The van der Waals surface area contributed by atoms with Crippen LogP contribution in [0.15, 0.2) is 23.8 Å². The molecule has 3 unspecified atom stereocenters. The van der Waals surface area contributed by atoms with Crippen LogP contribution in [-0.4, -0.2) is 20.0 Å². The van der Waals surface area contributed by atoms with Gasteiger partial charge in [0.25, 0.3) is 0 Å². The van der Waals surface area contributed by atoms with Crippen molar-refractivity contribution in [3.8, 4) is 0 Å². The summed E-state index contributed by atoms with van der Waals surface area (Å²) in [6, 6.07) is 0. The maximum Gasteiger partial charge on any atom is 0.173 e. The van der Waals surface area contributed by atoms with Crippen molar-refractivity contribution in [1.29, 1.82) is 0 Å². The second-order valence-electron chi connectivity index (χ2n) is 5.23. The Labute approximate surface area is 97.3 Å². The lowest BCUT2D eigenvalue weighted by Crippen LogP contribution is -2.39. The van der Waals surface area contributed by atoms with Gasteiger partial charge in [0.1, 0.15) is 0 Å². The van der Waals surface area contributed by atoms with Crippen molar-refractivity contribution >= 4 is 0 Å². The van der Waals surface area contributed by atoms with Gasteiger partial charge in [-0.1, -0.05) is 23.8 Å². The quantitative estimate of drug-likeness (QED) is 0.681. The highest BCUT2D eigenvalue weighted by Crippen LogP contribution is 2.59. The highest BCUT2D eigenvalue weighted by atomic mass is 16.7. The third kappa shape index (κ3) is 1.20. The number of rotatable bonds is 3. The molecule has 3 atom stereocenters. The molecule has 0 N–H and O–H groups in total. The highest BCUT2D eigenvalue weighted by Gasteiger charge is 2.60. The number of fused-ring (bicyclic) bond motifs is 2. The Morgan fingerprint density at radius 2 is 2.06 bits per heavy atom. The van der Waals surface area contributed by atoms with Crippen molar-refractivity contribution in [3.05, 3.63) is 23.8 Å². The van der Waals surface area contributed by atoms with Crippen molar-refractivity contribution in [3.63, 3.8) is 0 Å². The molecule has 0 amide bonds. The van der Waals surface area contributed by atoms with Gasteiger partial charge in [-0.15, -0.1) is 0 Å². The minimum atomic E-state index is -0.284. The molecule has 0 aromatic carbocycles. The minimum absolute atomic E-state index is 0.284. The zero-order valence-corrected chi connectivity index (χ0v) is 10.1. The molecule has 3 rings (SSSR count). The third-order valence-corrected chi connectivity index (χ3v) is 4.85. The zero-order valence-electron chi connectivity index (χ0n) is 10.1. The summed E-state index contributed by atoms with van der Waals surface area (Å²) in [5.41, 5.74) is 1.59. The molecule has 0 saturated heterocycles. The van der Waals surface area contributed by atoms with Crippen molar-refractivity contribution in [1.82, 2.24) is 0 Å². The van der Waals surface area contributed by atoms with E-state index in [1.807, 2.05) is 0 Å². The first-order chi connectivity index (χ1) is 7.81. The summed E-state index contributed by atoms with van der Waals surface area (Å²) in [6.07, 6.45) is 11.6. The molecule has 0 spiro atoms. The molecule has 3 aliphatic carbocycles. The zero-order chi connectivity index (χ0) is 11.2. The molecule has 2 bridgehead atoms. The van der Waals surface area contributed by atoms with E-state index in [0.717, 1.165) is 6.42 Å². The van der Waals surface area contributed by atoms with Gasteiger partial charge in [-0.25, -0.2) is 0 Å². The number of hydrogen-bond acceptors (Lipinski definition) is 2.